The van der Waals surface area contributed by atoms with Crippen LogP contribution in [0.25, 0.3) is 0 Å². The molecule has 0 aliphatic carbocycles. The molecule has 0 aliphatic rings. The van der Waals surface area contributed by atoms with Gasteiger partial charge in [-0.2, -0.15) is 0 Å². The van der Waals surface area contributed by atoms with Crippen LogP contribution in [0.3, 0.4) is 0 Å². The molecule has 0 aliphatic heterocycles. The molecule has 2 amide bonds. The van der Waals surface area contributed by atoms with Gasteiger partial charge in [-0.1, -0.05) is 50.4 Å². The van der Waals surface area contributed by atoms with Crippen LogP contribution in [-0.2, 0) is 22.4 Å². The predicted octanol–water partition coefficient (Wildman–Crippen LogP) is 3.92. The average Bonchev–Trinajstić information content (AvgIpc) is 3.19. The minimum absolute atomic E-state index is 0.0229. The summed E-state index contributed by atoms with van der Waals surface area (Å²) >= 11 is 2.85. The summed E-state index contributed by atoms with van der Waals surface area (Å²) in [5, 5.41) is 24.9. The molecule has 0 spiro atoms. The maximum Gasteiger partial charge on any atom is 0.226 e. The Hall–Kier alpha value is -1.94. The van der Waals surface area contributed by atoms with Crippen molar-refractivity contribution >= 4 is 44.8 Å². The number of aryl methyl sites for hydroxylation is 2. The smallest absolute Gasteiger partial charge is 0.226 e. The third kappa shape index (κ3) is 8.39. The maximum absolute atomic E-state index is 11.8. The Balaban J connectivity index is 1.68. The van der Waals surface area contributed by atoms with Crippen LogP contribution in [0.2, 0.25) is 0 Å². The number of carbonyl (C=O) groups is 2. The number of aromatic nitrogens is 4. The van der Waals surface area contributed by atoms with Crippen molar-refractivity contribution in [1.29, 1.82) is 0 Å². The number of carbonyl (C=O) groups excluding carboxylic acids is 2. The first-order chi connectivity index (χ1) is 13.3. The molecule has 2 aromatic heterocycles. The lowest BCUT2D eigenvalue weighted by Gasteiger charge is -2.02. The third-order valence-corrected chi connectivity index (χ3v) is 5.44. The van der Waals surface area contributed by atoms with E-state index in [0.29, 0.717) is 34.9 Å². The van der Waals surface area contributed by atoms with Crippen LogP contribution in [0.5, 0.6) is 0 Å². The van der Waals surface area contributed by atoms with Crippen LogP contribution in [0.1, 0.15) is 63.4 Å². The topological polar surface area (TPSA) is 110 Å². The van der Waals surface area contributed by atoms with Gasteiger partial charge >= 0.3 is 0 Å². The number of unbranched alkanes of at least 4 members (excludes halogenated alkanes) is 1. The van der Waals surface area contributed by atoms with Crippen molar-refractivity contribution < 1.29 is 9.59 Å². The average molecular weight is 425 g/mol. The van der Waals surface area contributed by atoms with Crippen molar-refractivity contribution in [2.24, 2.45) is 11.8 Å². The molecule has 0 saturated carbocycles. The highest BCUT2D eigenvalue weighted by Gasteiger charge is 2.11. The number of anilines is 2. The molecule has 2 aromatic rings. The van der Waals surface area contributed by atoms with Gasteiger partial charge in [0.25, 0.3) is 0 Å². The van der Waals surface area contributed by atoms with Gasteiger partial charge in [-0.3, -0.25) is 9.59 Å². The number of rotatable bonds is 11. The quantitative estimate of drug-likeness (QED) is 0.529. The number of amides is 2. The van der Waals surface area contributed by atoms with E-state index in [1.807, 2.05) is 27.7 Å². The largest absolute Gasteiger partial charge is 0.301 e. The SMILES string of the molecule is CC(C)CC(=O)Nc1nnc(CCCCc2nnc(NC(=O)CC(C)C)s2)s1. The van der Waals surface area contributed by atoms with Gasteiger partial charge in [0, 0.05) is 25.7 Å². The van der Waals surface area contributed by atoms with Gasteiger partial charge in [0.1, 0.15) is 10.0 Å². The van der Waals surface area contributed by atoms with Crippen LogP contribution in [-0.4, -0.2) is 32.2 Å². The molecule has 0 bridgehead atoms. The molecule has 2 heterocycles. The zero-order chi connectivity index (χ0) is 20.5. The number of hydrogen-bond acceptors (Lipinski definition) is 8. The fourth-order valence-electron chi connectivity index (χ4n) is 2.44. The first kappa shape index (κ1) is 22.4. The van der Waals surface area contributed by atoms with Crippen molar-refractivity contribution in [2.75, 3.05) is 10.6 Å². The molecular formula is C18H28N6O2S2. The molecule has 2 rings (SSSR count). The Labute approximate surface area is 173 Å². The van der Waals surface area contributed by atoms with Crippen LogP contribution < -0.4 is 10.6 Å². The molecule has 0 atom stereocenters. The van der Waals surface area contributed by atoms with Gasteiger partial charge in [0.15, 0.2) is 0 Å². The number of hydrogen-bond donors (Lipinski definition) is 2. The van der Waals surface area contributed by atoms with Gasteiger partial charge in [0.2, 0.25) is 22.1 Å². The second-order valence-electron chi connectivity index (χ2n) is 7.50. The molecule has 154 valence electrons. The second-order valence-corrected chi connectivity index (χ2v) is 9.63. The second kappa shape index (κ2) is 11.2. The maximum atomic E-state index is 11.8. The van der Waals surface area contributed by atoms with Gasteiger partial charge in [0.05, 0.1) is 0 Å². The molecule has 0 radical (unpaired) electrons. The highest BCUT2D eigenvalue weighted by Crippen LogP contribution is 2.20. The third-order valence-electron chi connectivity index (χ3n) is 3.64. The van der Waals surface area contributed by atoms with Crippen molar-refractivity contribution in [3.8, 4) is 0 Å². The summed E-state index contributed by atoms with van der Waals surface area (Å²) in [6.07, 6.45) is 4.49. The Morgan fingerprint density at radius 1 is 0.750 bits per heavy atom. The summed E-state index contributed by atoms with van der Waals surface area (Å²) in [5.74, 6) is 0.587. The summed E-state index contributed by atoms with van der Waals surface area (Å²) in [6, 6.07) is 0. The van der Waals surface area contributed by atoms with Gasteiger partial charge in [-0.05, 0) is 24.7 Å². The Morgan fingerprint density at radius 3 is 1.50 bits per heavy atom. The van der Waals surface area contributed by atoms with Gasteiger partial charge < -0.3 is 10.6 Å². The highest BCUT2D eigenvalue weighted by atomic mass is 32.1. The van der Waals surface area contributed by atoms with Crippen molar-refractivity contribution in [2.45, 2.75) is 66.2 Å². The van der Waals surface area contributed by atoms with E-state index in [0.717, 1.165) is 35.7 Å². The van der Waals surface area contributed by atoms with Crippen molar-refractivity contribution in [3.63, 3.8) is 0 Å². The fourth-order valence-corrected chi connectivity index (χ4v) is 4.04. The summed E-state index contributed by atoms with van der Waals surface area (Å²) in [7, 11) is 0. The molecule has 0 unspecified atom stereocenters. The first-order valence-corrected chi connectivity index (χ1v) is 11.2. The molecule has 0 saturated heterocycles. The van der Waals surface area contributed by atoms with Crippen LogP contribution in [0.15, 0.2) is 0 Å². The normalized spacial score (nSPS) is 11.2. The Morgan fingerprint density at radius 2 is 1.14 bits per heavy atom. The first-order valence-electron chi connectivity index (χ1n) is 9.56. The summed E-state index contributed by atoms with van der Waals surface area (Å²) < 4.78 is 0. The standard InChI is InChI=1S/C18H28N6O2S2/c1-11(2)9-13(25)19-17-23-21-15(27-17)7-5-6-8-16-22-24-18(28-16)20-14(26)10-12(3)4/h11-12H,5-10H2,1-4H3,(H,19,23,25)(H,20,24,26). The lowest BCUT2D eigenvalue weighted by atomic mass is 10.1. The van der Waals surface area contributed by atoms with Crippen LogP contribution >= 0.6 is 22.7 Å². The van der Waals surface area contributed by atoms with E-state index in [1.54, 1.807) is 0 Å². The van der Waals surface area contributed by atoms with Crippen molar-refractivity contribution in [1.82, 2.24) is 20.4 Å². The minimum atomic E-state index is -0.0229. The summed E-state index contributed by atoms with van der Waals surface area (Å²) in [5.41, 5.74) is 0. The molecule has 0 fully saturated rings. The van der Waals surface area contributed by atoms with E-state index in [4.69, 9.17) is 0 Å². The van der Waals surface area contributed by atoms with E-state index in [9.17, 15) is 9.59 Å². The van der Waals surface area contributed by atoms with E-state index in [2.05, 4.69) is 31.0 Å². The molecular weight excluding hydrogens is 396 g/mol. The van der Waals surface area contributed by atoms with Gasteiger partial charge in [-0.25, -0.2) is 0 Å². The van der Waals surface area contributed by atoms with Gasteiger partial charge in [-0.15, -0.1) is 20.4 Å². The van der Waals surface area contributed by atoms with Crippen LogP contribution in [0.4, 0.5) is 10.3 Å². The van der Waals surface area contributed by atoms with E-state index >= 15 is 0 Å². The lowest BCUT2D eigenvalue weighted by molar-refractivity contribution is -0.117. The number of nitrogens with one attached hydrogen (secondary N) is 2. The van der Waals surface area contributed by atoms with E-state index < -0.39 is 0 Å². The van der Waals surface area contributed by atoms with Crippen LogP contribution in [0, 0.1) is 11.8 Å². The zero-order valence-corrected chi connectivity index (χ0v) is 18.5. The lowest BCUT2D eigenvalue weighted by Crippen LogP contribution is -2.13. The zero-order valence-electron chi connectivity index (χ0n) is 16.8. The Bertz CT molecular complexity index is 707. The van der Waals surface area contributed by atoms with E-state index in [1.165, 1.54) is 22.7 Å². The predicted molar refractivity (Wildman–Crippen MR) is 113 cm³/mol. The molecule has 0 aromatic carbocycles. The minimum Gasteiger partial charge on any atom is -0.301 e. The molecule has 10 heteroatoms. The highest BCUT2D eigenvalue weighted by molar-refractivity contribution is 7.15. The fraction of sp³-hybridized carbons (Fsp3) is 0.667. The summed E-state index contributed by atoms with van der Waals surface area (Å²) in [4.78, 5) is 23.5. The monoisotopic (exact) mass is 424 g/mol. The molecule has 2 N–H and O–H groups in total. The van der Waals surface area contributed by atoms with E-state index in [-0.39, 0.29) is 11.8 Å². The van der Waals surface area contributed by atoms with Crippen molar-refractivity contribution in [3.05, 3.63) is 10.0 Å². The summed E-state index contributed by atoms with van der Waals surface area (Å²) in [6.45, 7) is 8.02. The number of nitrogens with zero attached hydrogens (tertiary/aromatic N) is 4. The molecule has 28 heavy (non-hydrogen) atoms. The Kier molecular flexibility index (Phi) is 8.91. The molecule has 8 nitrogen and oxygen atoms in total.